The average Bonchev–Trinajstić information content (AvgIpc) is 3.07. The molecule has 5 rings (SSSR count). The Labute approximate surface area is 167 Å². The molecule has 0 bridgehead atoms. The minimum atomic E-state index is -0.758. The highest BCUT2D eigenvalue weighted by molar-refractivity contribution is 5.96. The van der Waals surface area contributed by atoms with Gasteiger partial charge in [0.05, 0.1) is 5.69 Å². The zero-order valence-corrected chi connectivity index (χ0v) is 15.7. The maximum absolute atomic E-state index is 13.0. The topological polar surface area (TPSA) is 132 Å². The second-order valence-corrected chi connectivity index (χ2v) is 6.90. The van der Waals surface area contributed by atoms with Crippen LogP contribution in [-0.4, -0.2) is 14.6 Å². The summed E-state index contributed by atoms with van der Waals surface area (Å²) in [5, 5.41) is 8.36. The number of hydrogen-bond acceptors (Lipinski definition) is 8. The van der Waals surface area contributed by atoms with Gasteiger partial charge in [0.25, 0.3) is 5.56 Å². The molecule has 0 amide bonds. The molecular weight excluding hydrogens is 384 g/mol. The molecule has 0 aliphatic carbocycles. The van der Waals surface area contributed by atoms with Gasteiger partial charge >= 0.3 is 0 Å². The summed E-state index contributed by atoms with van der Waals surface area (Å²) in [7, 11) is 0. The number of nitrogen functional groups attached to an aromatic ring is 1. The number of rotatable bonds is 2. The predicted molar refractivity (Wildman–Crippen MR) is 114 cm³/mol. The van der Waals surface area contributed by atoms with Gasteiger partial charge in [-0.3, -0.25) is 19.8 Å². The molecule has 3 N–H and O–H groups in total. The SMILES string of the molecule is Cc1ccc(NN=c2c(N)nn3c(=O)c4c(=O)c5ccccc5c(=O)c4nc23)cc1. The number of anilines is 2. The van der Waals surface area contributed by atoms with E-state index in [-0.39, 0.29) is 38.5 Å². The second kappa shape index (κ2) is 6.31. The lowest BCUT2D eigenvalue weighted by Gasteiger charge is -2.01. The monoisotopic (exact) mass is 398 g/mol. The molecule has 0 saturated carbocycles. The zero-order valence-electron chi connectivity index (χ0n) is 15.7. The standard InChI is InChI=1S/C21H14N6O3/c1-10-6-8-11(9-7-10)24-25-16-19(22)26-27-20(16)23-15-14(21(27)30)17(28)12-4-2-3-5-13(12)18(15)29/h2-9,24H,1H3,(H2,22,26). The fourth-order valence-corrected chi connectivity index (χ4v) is 3.39. The number of benzene rings is 3. The first kappa shape index (κ1) is 17.7. The van der Waals surface area contributed by atoms with Gasteiger partial charge in [-0.1, -0.05) is 42.0 Å². The van der Waals surface area contributed by atoms with Crippen LogP contribution in [0.15, 0.2) is 68.0 Å². The third kappa shape index (κ3) is 2.49. The van der Waals surface area contributed by atoms with E-state index in [9.17, 15) is 14.4 Å². The van der Waals surface area contributed by atoms with E-state index in [4.69, 9.17) is 5.73 Å². The molecule has 3 aromatic carbocycles. The zero-order chi connectivity index (χ0) is 21.0. The van der Waals surface area contributed by atoms with Crippen LogP contribution in [0, 0.1) is 6.92 Å². The van der Waals surface area contributed by atoms with Crippen molar-refractivity contribution in [3.05, 3.63) is 90.3 Å². The van der Waals surface area contributed by atoms with Crippen LogP contribution in [0.2, 0.25) is 0 Å². The van der Waals surface area contributed by atoms with Crippen LogP contribution in [-0.2, 0) is 0 Å². The van der Waals surface area contributed by atoms with Gasteiger partial charge < -0.3 is 5.73 Å². The minimum Gasteiger partial charge on any atom is -0.380 e. The summed E-state index contributed by atoms with van der Waals surface area (Å²) in [5.74, 6) is -0.0565. The van der Waals surface area contributed by atoms with E-state index in [0.29, 0.717) is 5.69 Å². The molecule has 0 aliphatic heterocycles. The van der Waals surface area contributed by atoms with Gasteiger partial charge in [-0.25, -0.2) is 4.98 Å². The molecule has 146 valence electrons. The molecule has 30 heavy (non-hydrogen) atoms. The third-order valence-corrected chi connectivity index (χ3v) is 4.93. The lowest BCUT2D eigenvalue weighted by Crippen LogP contribution is -2.27. The normalized spacial score (nSPS) is 12.2. The van der Waals surface area contributed by atoms with E-state index in [0.717, 1.165) is 10.1 Å². The number of hydrogen-bond donors (Lipinski definition) is 2. The molecule has 2 heterocycles. The van der Waals surface area contributed by atoms with Crippen molar-refractivity contribution < 1.29 is 0 Å². The number of aryl methyl sites for hydroxylation is 1. The van der Waals surface area contributed by atoms with Gasteiger partial charge in [-0.05, 0) is 19.1 Å². The molecule has 5 aromatic rings. The van der Waals surface area contributed by atoms with E-state index in [1.165, 1.54) is 12.1 Å². The van der Waals surface area contributed by atoms with Crippen LogP contribution in [0.3, 0.4) is 0 Å². The van der Waals surface area contributed by atoms with Crippen LogP contribution in [0.5, 0.6) is 0 Å². The van der Waals surface area contributed by atoms with E-state index in [2.05, 4.69) is 20.6 Å². The molecule has 0 saturated heterocycles. The van der Waals surface area contributed by atoms with Gasteiger partial charge in [0.2, 0.25) is 10.9 Å². The van der Waals surface area contributed by atoms with Crippen molar-refractivity contribution in [1.29, 1.82) is 0 Å². The molecule has 0 spiro atoms. The van der Waals surface area contributed by atoms with Crippen LogP contribution in [0.25, 0.3) is 27.3 Å². The first-order valence-electron chi connectivity index (χ1n) is 9.07. The van der Waals surface area contributed by atoms with Gasteiger partial charge in [-0.15, -0.1) is 5.10 Å². The molecule has 0 aliphatic rings. The van der Waals surface area contributed by atoms with Crippen molar-refractivity contribution in [3.63, 3.8) is 0 Å². The Morgan fingerprint density at radius 1 is 0.967 bits per heavy atom. The second-order valence-electron chi connectivity index (χ2n) is 6.90. The van der Waals surface area contributed by atoms with Crippen molar-refractivity contribution >= 4 is 38.8 Å². The third-order valence-electron chi connectivity index (χ3n) is 4.93. The van der Waals surface area contributed by atoms with E-state index in [1.807, 2.05) is 31.2 Å². The van der Waals surface area contributed by atoms with Gasteiger partial charge in [0.15, 0.2) is 16.8 Å². The Kier molecular flexibility index (Phi) is 3.72. The quantitative estimate of drug-likeness (QED) is 0.332. The highest BCUT2D eigenvalue weighted by atomic mass is 16.1. The number of nitrogens with zero attached hydrogens (tertiary/aromatic N) is 4. The lowest BCUT2D eigenvalue weighted by atomic mass is 10.1. The molecular formula is C21H14N6O3. The van der Waals surface area contributed by atoms with Crippen molar-refractivity contribution in [1.82, 2.24) is 14.6 Å². The largest absolute Gasteiger partial charge is 0.380 e. The average molecular weight is 398 g/mol. The van der Waals surface area contributed by atoms with Crippen LogP contribution >= 0.6 is 0 Å². The molecule has 0 radical (unpaired) electrons. The minimum absolute atomic E-state index is 0.00334. The summed E-state index contributed by atoms with van der Waals surface area (Å²) < 4.78 is 0.906. The van der Waals surface area contributed by atoms with Crippen molar-refractivity contribution in [2.75, 3.05) is 11.2 Å². The van der Waals surface area contributed by atoms with Crippen LogP contribution < -0.4 is 32.9 Å². The highest BCUT2D eigenvalue weighted by Crippen LogP contribution is 2.11. The Morgan fingerprint density at radius 3 is 2.33 bits per heavy atom. The molecule has 0 atom stereocenters. The Bertz CT molecular complexity index is 1690. The number of nitrogens with one attached hydrogen (secondary N) is 1. The highest BCUT2D eigenvalue weighted by Gasteiger charge is 2.19. The Morgan fingerprint density at radius 2 is 1.63 bits per heavy atom. The van der Waals surface area contributed by atoms with Crippen molar-refractivity contribution in [2.24, 2.45) is 5.10 Å². The first-order chi connectivity index (χ1) is 14.5. The predicted octanol–water partition coefficient (Wildman–Crippen LogP) is 0.810. The summed E-state index contributed by atoms with van der Waals surface area (Å²) in [5.41, 5.74) is 8.52. The van der Waals surface area contributed by atoms with Gasteiger partial charge in [0, 0.05) is 10.8 Å². The van der Waals surface area contributed by atoms with Crippen molar-refractivity contribution in [3.8, 4) is 0 Å². The molecule has 2 aromatic heterocycles. The number of aromatic nitrogens is 3. The first-order valence-corrected chi connectivity index (χ1v) is 9.07. The maximum Gasteiger partial charge on any atom is 0.286 e. The van der Waals surface area contributed by atoms with Crippen LogP contribution in [0.4, 0.5) is 11.5 Å². The van der Waals surface area contributed by atoms with Crippen molar-refractivity contribution in [2.45, 2.75) is 6.92 Å². The maximum atomic E-state index is 13.0. The van der Waals surface area contributed by atoms with Gasteiger partial charge in [0.1, 0.15) is 10.9 Å². The smallest absolute Gasteiger partial charge is 0.286 e. The molecule has 9 nitrogen and oxygen atoms in total. The summed E-state index contributed by atoms with van der Waals surface area (Å²) in [6, 6.07) is 13.8. The van der Waals surface area contributed by atoms with Crippen LogP contribution in [0.1, 0.15) is 5.56 Å². The Balaban J connectivity index is 1.85. The number of nitrogens with two attached hydrogens (primary N) is 1. The number of fused-ring (bicyclic) bond motifs is 3. The fraction of sp³-hybridized carbons (Fsp3) is 0.0476. The fourth-order valence-electron chi connectivity index (χ4n) is 3.39. The van der Waals surface area contributed by atoms with E-state index in [1.54, 1.807) is 12.1 Å². The summed E-state index contributed by atoms with van der Waals surface area (Å²) in [6.45, 7) is 1.96. The summed E-state index contributed by atoms with van der Waals surface area (Å²) in [4.78, 5) is 43.0. The van der Waals surface area contributed by atoms with Gasteiger partial charge in [-0.2, -0.15) is 9.62 Å². The molecule has 0 fully saturated rings. The van der Waals surface area contributed by atoms with E-state index >= 15 is 0 Å². The molecule has 0 unspecified atom stereocenters. The van der Waals surface area contributed by atoms with E-state index < -0.39 is 16.4 Å². The Hall–Kier alpha value is -4.40. The lowest BCUT2D eigenvalue weighted by molar-refractivity contribution is 0.920. The summed E-state index contributed by atoms with van der Waals surface area (Å²) in [6.07, 6.45) is 0. The summed E-state index contributed by atoms with van der Waals surface area (Å²) >= 11 is 0. The molecule has 9 heteroatoms.